The second kappa shape index (κ2) is 11.6. The van der Waals surface area contributed by atoms with Gasteiger partial charge in [0.05, 0.1) is 22.1 Å². The van der Waals surface area contributed by atoms with Crippen molar-refractivity contribution in [1.29, 1.82) is 5.41 Å². The largest absolute Gasteiger partial charge is 0.387 e. The SMILES string of the molecule is CN/C(=C1\C(=N)CCc2cnc(Nc3ccc(C(=O)NC4CCN(C)CC4)cc3Cl)nc21)c1ccccc1C. The predicted molar refractivity (Wildman–Crippen MR) is 158 cm³/mol. The summed E-state index contributed by atoms with van der Waals surface area (Å²) in [6, 6.07) is 13.5. The third-order valence-corrected chi connectivity index (χ3v) is 7.81. The number of halogens is 1. The van der Waals surface area contributed by atoms with Gasteiger partial charge in [0.1, 0.15) is 0 Å². The number of rotatable bonds is 6. The van der Waals surface area contributed by atoms with Crippen LogP contribution in [0.25, 0.3) is 11.3 Å². The van der Waals surface area contributed by atoms with Crippen LogP contribution >= 0.6 is 11.6 Å². The Labute approximate surface area is 234 Å². The van der Waals surface area contributed by atoms with Crippen LogP contribution in [0.1, 0.15) is 52.0 Å². The van der Waals surface area contributed by atoms with E-state index in [1.165, 1.54) is 0 Å². The lowest BCUT2D eigenvalue weighted by molar-refractivity contribution is 0.0917. The maximum atomic E-state index is 12.8. The number of fused-ring (bicyclic) bond motifs is 1. The van der Waals surface area contributed by atoms with Crippen molar-refractivity contribution in [2.24, 2.45) is 0 Å². The van der Waals surface area contributed by atoms with Crippen molar-refractivity contribution in [3.05, 3.63) is 81.6 Å². The van der Waals surface area contributed by atoms with Gasteiger partial charge in [-0.05, 0) is 82.1 Å². The van der Waals surface area contributed by atoms with Gasteiger partial charge in [-0.15, -0.1) is 0 Å². The highest BCUT2D eigenvalue weighted by Crippen LogP contribution is 2.34. The van der Waals surface area contributed by atoms with Gasteiger partial charge < -0.3 is 26.3 Å². The highest BCUT2D eigenvalue weighted by molar-refractivity contribution is 6.33. The molecule has 2 aliphatic rings. The quantitative estimate of drug-likeness (QED) is 0.346. The van der Waals surface area contributed by atoms with Crippen LogP contribution in [-0.2, 0) is 6.42 Å². The molecule has 1 aliphatic heterocycles. The Kier molecular flexibility index (Phi) is 7.95. The molecule has 0 unspecified atom stereocenters. The van der Waals surface area contributed by atoms with Crippen LogP contribution in [0.5, 0.6) is 0 Å². The molecule has 5 rings (SSSR count). The Morgan fingerprint density at radius 3 is 2.62 bits per heavy atom. The van der Waals surface area contributed by atoms with E-state index in [1.807, 2.05) is 25.4 Å². The minimum atomic E-state index is -0.118. The monoisotopic (exact) mass is 543 g/mol. The zero-order valence-electron chi connectivity index (χ0n) is 22.6. The van der Waals surface area contributed by atoms with Crippen LogP contribution in [0.2, 0.25) is 5.02 Å². The molecule has 0 saturated carbocycles. The van der Waals surface area contributed by atoms with E-state index in [9.17, 15) is 4.79 Å². The number of aromatic nitrogens is 2. The van der Waals surface area contributed by atoms with E-state index in [1.54, 1.807) is 18.2 Å². The molecule has 1 amide bonds. The molecule has 3 aromatic rings. The smallest absolute Gasteiger partial charge is 0.251 e. The number of benzene rings is 2. The molecular formula is C30H34ClN7O. The first-order chi connectivity index (χ1) is 18.8. The first-order valence-corrected chi connectivity index (χ1v) is 13.7. The molecule has 1 saturated heterocycles. The van der Waals surface area contributed by atoms with Crippen molar-refractivity contribution in [3.63, 3.8) is 0 Å². The number of allylic oxidation sites excluding steroid dienone is 1. The fourth-order valence-electron chi connectivity index (χ4n) is 5.21. The molecule has 39 heavy (non-hydrogen) atoms. The highest BCUT2D eigenvalue weighted by Gasteiger charge is 2.26. The molecule has 0 radical (unpaired) electrons. The third kappa shape index (κ3) is 5.82. The van der Waals surface area contributed by atoms with Crippen LogP contribution in [0.15, 0.2) is 48.7 Å². The summed E-state index contributed by atoms with van der Waals surface area (Å²) in [5.41, 5.74) is 7.22. The normalized spacial score (nSPS) is 17.4. The fourth-order valence-corrected chi connectivity index (χ4v) is 5.44. The second-order valence-corrected chi connectivity index (χ2v) is 10.6. The Morgan fingerprint density at radius 1 is 1.13 bits per heavy atom. The second-order valence-electron chi connectivity index (χ2n) is 10.2. The summed E-state index contributed by atoms with van der Waals surface area (Å²) in [6.45, 7) is 4.02. The molecule has 8 nitrogen and oxygen atoms in total. The minimum Gasteiger partial charge on any atom is -0.387 e. The van der Waals surface area contributed by atoms with E-state index in [4.69, 9.17) is 22.0 Å². The molecule has 0 atom stereocenters. The van der Waals surface area contributed by atoms with E-state index in [0.717, 1.165) is 59.6 Å². The molecule has 1 aliphatic carbocycles. The summed E-state index contributed by atoms with van der Waals surface area (Å²) in [6.07, 6.45) is 5.04. The van der Waals surface area contributed by atoms with Gasteiger partial charge in [-0.2, -0.15) is 0 Å². The zero-order chi connectivity index (χ0) is 27.5. The number of carbonyl (C=O) groups excluding carboxylic acids is 1. The lowest BCUT2D eigenvalue weighted by Gasteiger charge is -2.29. The number of amides is 1. The Bertz CT molecular complexity index is 1440. The summed E-state index contributed by atoms with van der Waals surface area (Å²) < 4.78 is 0. The Morgan fingerprint density at radius 2 is 1.90 bits per heavy atom. The first kappa shape index (κ1) is 26.8. The van der Waals surface area contributed by atoms with Crippen molar-refractivity contribution in [3.8, 4) is 0 Å². The number of carbonyl (C=O) groups is 1. The Balaban J connectivity index is 1.40. The van der Waals surface area contributed by atoms with E-state index in [-0.39, 0.29) is 11.9 Å². The molecule has 4 N–H and O–H groups in total. The molecule has 202 valence electrons. The molecule has 0 spiro atoms. The van der Waals surface area contributed by atoms with Gasteiger partial charge >= 0.3 is 0 Å². The average molecular weight is 544 g/mol. The average Bonchev–Trinajstić information content (AvgIpc) is 2.93. The summed E-state index contributed by atoms with van der Waals surface area (Å²) in [7, 11) is 3.97. The number of aryl methyl sites for hydroxylation is 2. The number of likely N-dealkylation sites (tertiary alicyclic amines) is 1. The predicted octanol–water partition coefficient (Wildman–Crippen LogP) is 5.06. The summed E-state index contributed by atoms with van der Waals surface area (Å²) in [4.78, 5) is 24.5. The van der Waals surface area contributed by atoms with E-state index in [2.05, 4.69) is 51.9 Å². The molecule has 9 heteroatoms. The lowest BCUT2D eigenvalue weighted by Crippen LogP contribution is -2.43. The van der Waals surface area contributed by atoms with Crippen molar-refractivity contribution >= 4 is 46.1 Å². The number of hydrogen-bond donors (Lipinski definition) is 4. The van der Waals surface area contributed by atoms with Gasteiger partial charge in [0.25, 0.3) is 5.91 Å². The summed E-state index contributed by atoms with van der Waals surface area (Å²) >= 11 is 6.59. The zero-order valence-corrected chi connectivity index (χ0v) is 23.3. The maximum absolute atomic E-state index is 12.8. The molecule has 0 bridgehead atoms. The lowest BCUT2D eigenvalue weighted by atomic mass is 9.87. The van der Waals surface area contributed by atoms with Gasteiger partial charge in [0, 0.05) is 41.7 Å². The molecule has 1 fully saturated rings. The van der Waals surface area contributed by atoms with Gasteiger partial charge in [-0.25, -0.2) is 9.97 Å². The number of nitrogens with one attached hydrogen (secondary N) is 4. The number of nitrogens with zero attached hydrogens (tertiary/aromatic N) is 3. The van der Waals surface area contributed by atoms with Crippen molar-refractivity contribution in [1.82, 2.24) is 25.5 Å². The van der Waals surface area contributed by atoms with Crippen LogP contribution in [0.3, 0.4) is 0 Å². The fraction of sp³-hybridized carbons (Fsp3) is 0.333. The maximum Gasteiger partial charge on any atom is 0.251 e. The Hall–Kier alpha value is -3.75. The first-order valence-electron chi connectivity index (χ1n) is 13.3. The van der Waals surface area contributed by atoms with Crippen LogP contribution in [-0.4, -0.2) is 59.7 Å². The molecule has 2 heterocycles. The molecular weight excluding hydrogens is 510 g/mol. The van der Waals surface area contributed by atoms with Crippen LogP contribution < -0.4 is 16.0 Å². The van der Waals surface area contributed by atoms with E-state index in [0.29, 0.717) is 40.8 Å². The van der Waals surface area contributed by atoms with Gasteiger partial charge in [-0.3, -0.25) is 4.79 Å². The minimum absolute atomic E-state index is 0.118. The van der Waals surface area contributed by atoms with Crippen molar-refractivity contribution in [2.45, 2.75) is 38.6 Å². The van der Waals surface area contributed by atoms with Crippen molar-refractivity contribution in [2.75, 3.05) is 32.5 Å². The standard InChI is InChI=1S/C30H34ClN7O/c1-18-6-4-5-7-22(18)28(33-2)26-24(32)10-8-20-17-34-30(37-27(20)26)36-25-11-9-19(16-23(25)31)29(39)35-21-12-14-38(3)15-13-21/h4-7,9,11,16-17,21,32-33H,8,10,12-15H2,1-3H3,(H,35,39)(H,34,36,37)/b28-26+,32-24?. The highest BCUT2D eigenvalue weighted by atomic mass is 35.5. The van der Waals surface area contributed by atoms with E-state index < -0.39 is 0 Å². The topological polar surface area (TPSA) is 106 Å². The van der Waals surface area contributed by atoms with Crippen molar-refractivity contribution < 1.29 is 4.79 Å². The van der Waals surface area contributed by atoms with Crippen LogP contribution in [0.4, 0.5) is 11.6 Å². The number of piperidine rings is 1. The number of hydrogen-bond acceptors (Lipinski definition) is 7. The number of anilines is 2. The van der Waals surface area contributed by atoms with Crippen LogP contribution in [0, 0.1) is 12.3 Å². The third-order valence-electron chi connectivity index (χ3n) is 7.49. The van der Waals surface area contributed by atoms with Gasteiger partial charge in [0.2, 0.25) is 5.95 Å². The summed E-state index contributed by atoms with van der Waals surface area (Å²) in [5.74, 6) is 0.263. The van der Waals surface area contributed by atoms with Gasteiger partial charge in [-0.1, -0.05) is 35.9 Å². The molecule has 1 aromatic heterocycles. The molecule has 2 aromatic carbocycles. The van der Waals surface area contributed by atoms with E-state index >= 15 is 0 Å². The van der Waals surface area contributed by atoms with Gasteiger partial charge in [0.15, 0.2) is 0 Å². The summed E-state index contributed by atoms with van der Waals surface area (Å²) in [5, 5.41) is 18.9.